The summed E-state index contributed by atoms with van der Waals surface area (Å²) in [4.78, 5) is 46.9. The molecule has 2 fully saturated rings. The van der Waals surface area contributed by atoms with Gasteiger partial charge in [-0.25, -0.2) is 9.78 Å². The van der Waals surface area contributed by atoms with Crippen molar-refractivity contribution in [3.05, 3.63) is 59.5 Å². The number of aromatic nitrogens is 4. The second kappa shape index (κ2) is 11.0. The van der Waals surface area contributed by atoms with Gasteiger partial charge in [0.2, 0.25) is 11.8 Å². The fourth-order valence-corrected chi connectivity index (χ4v) is 7.27. The van der Waals surface area contributed by atoms with E-state index >= 15 is 0 Å². The number of nitrogens with zero attached hydrogens (tertiary/aromatic N) is 7. The maximum absolute atomic E-state index is 12.4. The number of aryl methyl sites for hydroxylation is 1. The van der Waals surface area contributed by atoms with Crippen molar-refractivity contribution in [2.45, 2.75) is 58.0 Å². The number of pyridine rings is 1. The van der Waals surface area contributed by atoms with E-state index in [0.29, 0.717) is 24.9 Å². The van der Waals surface area contributed by atoms with Gasteiger partial charge in [-0.1, -0.05) is 6.07 Å². The van der Waals surface area contributed by atoms with Crippen molar-refractivity contribution in [3.8, 4) is 11.1 Å². The number of nitrogens with one attached hydrogen (secondary N) is 1. The second-order valence-corrected chi connectivity index (χ2v) is 12.3. The number of imidazole rings is 1. The Hall–Kier alpha value is -4.71. The number of carbonyl (C=O) groups excluding carboxylic acids is 3. The summed E-state index contributed by atoms with van der Waals surface area (Å²) in [6.07, 6.45) is 8.57. The van der Waals surface area contributed by atoms with Crippen molar-refractivity contribution >= 4 is 40.8 Å². The number of rotatable bonds is 4. The van der Waals surface area contributed by atoms with Gasteiger partial charge in [-0.3, -0.25) is 28.9 Å². The Morgan fingerprint density at radius 3 is 2.64 bits per heavy atom. The van der Waals surface area contributed by atoms with Crippen molar-refractivity contribution in [2.24, 2.45) is 0 Å². The molecule has 232 valence electrons. The van der Waals surface area contributed by atoms with Crippen molar-refractivity contribution < 1.29 is 19.1 Å². The Bertz CT molecular complexity index is 1840. The van der Waals surface area contributed by atoms with Gasteiger partial charge in [0.15, 0.2) is 5.82 Å². The minimum absolute atomic E-state index is 0.102. The molecule has 3 aromatic heterocycles. The van der Waals surface area contributed by atoms with E-state index in [4.69, 9.17) is 9.84 Å². The molecule has 45 heavy (non-hydrogen) atoms. The van der Waals surface area contributed by atoms with Crippen LogP contribution in [0.3, 0.4) is 0 Å². The summed E-state index contributed by atoms with van der Waals surface area (Å²) in [5.74, 6) is 1.45. The van der Waals surface area contributed by atoms with Gasteiger partial charge in [0.05, 0.1) is 18.8 Å². The average molecular weight is 609 g/mol. The first-order valence-electron chi connectivity index (χ1n) is 15.9. The van der Waals surface area contributed by atoms with Gasteiger partial charge in [-0.05, 0) is 66.6 Å². The van der Waals surface area contributed by atoms with Gasteiger partial charge in [0.25, 0.3) is 0 Å². The number of fused-ring (bicyclic) bond motifs is 3. The fraction of sp³-hybridized carbons (Fsp3) is 0.424. The number of benzene rings is 1. The van der Waals surface area contributed by atoms with Gasteiger partial charge in [-0.2, -0.15) is 5.10 Å². The lowest BCUT2D eigenvalue weighted by Crippen LogP contribution is -2.50. The highest BCUT2D eigenvalue weighted by Crippen LogP contribution is 2.41. The van der Waals surface area contributed by atoms with Crippen LogP contribution in [0.25, 0.3) is 16.8 Å². The van der Waals surface area contributed by atoms with E-state index in [1.165, 1.54) is 22.5 Å². The molecular weight excluding hydrogens is 572 g/mol. The lowest BCUT2D eigenvalue weighted by atomic mass is 9.96. The molecule has 0 atom stereocenters. The first kappa shape index (κ1) is 27.8. The van der Waals surface area contributed by atoms with Crippen LogP contribution in [0.4, 0.5) is 22.1 Å². The van der Waals surface area contributed by atoms with Crippen molar-refractivity contribution in [2.75, 3.05) is 42.6 Å². The molecule has 1 aromatic carbocycles. The Morgan fingerprint density at radius 1 is 0.978 bits per heavy atom. The second-order valence-electron chi connectivity index (χ2n) is 12.3. The third-order valence-corrected chi connectivity index (χ3v) is 9.66. The summed E-state index contributed by atoms with van der Waals surface area (Å²) >= 11 is 0. The maximum Gasteiger partial charge on any atom is 0.329 e. The lowest BCUT2D eigenvalue weighted by molar-refractivity contribution is -0.129. The van der Waals surface area contributed by atoms with Gasteiger partial charge in [0, 0.05) is 75.8 Å². The SMILES string of the molecule is CC(=O)N1CCc2c(c(N3CCCc4cc(-c5ccn6c(N7CCC(=O)NC7=O)cnc6c5)ccc43)nn2C2CCOCC2)C1. The van der Waals surface area contributed by atoms with Gasteiger partial charge in [0.1, 0.15) is 11.5 Å². The third kappa shape index (κ3) is 4.84. The van der Waals surface area contributed by atoms with Crippen LogP contribution < -0.4 is 15.1 Å². The van der Waals surface area contributed by atoms with Gasteiger partial charge >= 0.3 is 6.03 Å². The monoisotopic (exact) mass is 608 g/mol. The molecule has 0 bridgehead atoms. The van der Waals surface area contributed by atoms with E-state index < -0.39 is 6.03 Å². The lowest BCUT2D eigenvalue weighted by Gasteiger charge is -2.33. The number of hydrogen-bond donors (Lipinski definition) is 1. The molecule has 12 nitrogen and oxygen atoms in total. The van der Waals surface area contributed by atoms with Crippen LogP contribution in [0.5, 0.6) is 0 Å². The highest BCUT2D eigenvalue weighted by molar-refractivity contribution is 6.05. The van der Waals surface area contributed by atoms with Crippen LogP contribution in [-0.4, -0.2) is 74.8 Å². The van der Waals surface area contributed by atoms with Crippen molar-refractivity contribution in [1.29, 1.82) is 0 Å². The number of ether oxygens (including phenoxy) is 1. The first-order chi connectivity index (χ1) is 21.9. The van der Waals surface area contributed by atoms with E-state index in [2.05, 4.69) is 38.1 Å². The quantitative estimate of drug-likeness (QED) is 0.373. The molecule has 8 rings (SSSR count). The molecule has 0 radical (unpaired) electrons. The molecular formula is C33H36N8O4. The van der Waals surface area contributed by atoms with Crippen LogP contribution in [0.2, 0.25) is 0 Å². The van der Waals surface area contributed by atoms with E-state index in [9.17, 15) is 14.4 Å². The van der Waals surface area contributed by atoms with E-state index in [1.54, 1.807) is 18.0 Å². The molecule has 0 saturated carbocycles. The zero-order chi connectivity index (χ0) is 30.7. The summed E-state index contributed by atoms with van der Waals surface area (Å²) in [6.45, 7) is 5.68. The Labute approximate surface area is 260 Å². The van der Waals surface area contributed by atoms with E-state index in [0.717, 1.165) is 81.0 Å². The summed E-state index contributed by atoms with van der Waals surface area (Å²) in [6, 6.07) is 10.6. The summed E-state index contributed by atoms with van der Waals surface area (Å²) in [5.41, 5.74) is 7.74. The number of urea groups is 1. The zero-order valence-corrected chi connectivity index (χ0v) is 25.4. The van der Waals surface area contributed by atoms with Gasteiger partial charge in [-0.15, -0.1) is 0 Å². The highest BCUT2D eigenvalue weighted by Gasteiger charge is 2.33. The maximum atomic E-state index is 12.4. The molecule has 1 N–H and O–H groups in total. The summed E-state index contributed by atoms with van der Waals surface area (Å²) < 4.78 is 9.79. The number of hydrogen-bond acceptors (Lipinski definition) is 7. The molecule has 4 aliphatic heterocycles. The number of anilines is 3. The Kier molecular flexibility index (Phi) is 6.81. The molecule has 0 unspecified atom stereocenters. The minimum Gasteiger partial charge on any atom is -0.381 e. The third-order valence-electron chi connectivity index (χ3n) is 9.66. The van der Waals surface area contributed by atoms with Gasteiger partial charge < -0.3 is 14.5 Å². The zero-order valence-electron chi connectivity index (χ0n) is 25.4. The minimum atomic E-state index is -0.427. The normalized spacial score (nSPS) is 19.1. The van der Waals surface area contributed by atoms with Crippen LogP contribution in [0, 0.1) is 0 Å². The van der Waals surface area contributed by atoms with Crippen molar-refractivity contribution in [3.63, 3.8) is 0 Å². The number of carbonyl (C=O) groups is 3. The number of amides is 4. The largest absolute Gasteiger partial charge is 0.381 e. The van der Waals surface area contributed by atoms with Crippen LogP contribution in [-0.2, 0) is 33.7 Å². The van der Waals surface area contributed by atoms with Crippen LogP contribution in [0.15, 0.2) is 42.7 Å². The van der Waals surface area contributed by atoms with Crippen LogP contribution in [0.1, 0.15) is 55.5 Å². The molecule has 7 heterocycles. The summed E-state index contributed by atoms with van der Waals surface area (Å²) in [7, 11) is 0. The highest BCUT2D eigenvalue weighted by atomic mass is 16.5. The first-order valence-corrected chi connectivity index (χ1v) is 15.9. The predicted octanol–water partition coefficient (Wildman–Crippen LogP) is 3.98. The van der Waals surface area contributed by atoms with E-state index in [-0.39, 0.29) is 18.2 Å². The molecule has 0 aliphatic carbocycles. The molecule has 4 aromatic rings. The number of imide groups is 1. The summed E-state index contributed by atoms with van der Waals surface area (Å²) in [5, 5.41) is 7.66. The van der Waals surface area contributed by atoms with Crippen molar-refractivity contribution in [1.82, 2.24) is 29.4 Å². The van der Waals surface area contributed by atoms with E-state index in [1.807, 2.05) is 27.6 Å². The van der Waals surface area contributed by atoms with Crippen LogP contribution >= 0.6 is 0 Å². The molecule has 4 amide bonds. The molecule has 12 heteroatoms. The fourth-order valence-electron chi connectivity index (χ4n) is 7.27. The Morgan fingerprint density at radius 2 is 1.82 bits per heavy atom. The standard InChI is InChI=1S/C33H36N8O4/c1-21(42)37-12-7-28-26(20-37)32(36-41(28)25-9-15-45-16-10-25)38-11-2-3-24-17-22(4-5-27(24)38)23-6-13-39-29(18-23)34-19-31(39)40-14-8-30(43)35-33(40)44/h4-6,13,17-19,25H,2-3,7-12,14-16,20H2,1H3,(H,35,43,44). The molecule has 0 spiro atoms. The average Bonchev–Trinajstić information content (AvgIpc) is 3.66. The predicted molar refractivity (Wildman–Crippen MR) is 168 cm³/mol. The molecule has 4 aliphatic rings. The molecule has 2 saturated heterocycles. The smallest absolute Gasteiger partial charge is 0.329 e. The Balaban J connectivity index is 1.12. The topological polar surface area (TPSA) is 117 Å².